The molecule has 0 bridgehead atoms. The van der Waals surface area contributed by atoms with Crippen LogP contribution in [0.5, 0.6) is 5.75 Å². The number of benzene rings is 2. The average molecular weight is 342 g/mol. The summed E-state index contributed by atoms with van der Waals surface area (Å²) in [6, 6.07) is 12.5. The molecule has 0 unspecified atom stereocenters. The Morgan fingerprint density at radius 3 is 2.62 bits per heavy atom. The van der Waals surface area contributed by atoms with Gasteiger partial charge >= 0.3 is 0 Å². The Morgan fingerprint density at radius 2 is 1.88 bits per heavy atom. The number of rotatable bonds is 4. The van der Waals surface area contributed by atoms with Crippen molar-refractivity contribution in [2.75, 3.05) is 11.8 Å². The molecule has 1 N–H and O–H groups in total. The minimum Gasteiger partial charge on any atom is -0.497 e. The molecule has 0 saturated carbocycles. The summed E-state index contributed by atoms with van der Waals surface area (Å²) in [4.78, 5) is 4.55. The number of methoxy groups -OCH3 is 1. The van der Waals surface area contributed by atoms with Gasteiger partial charge in [0, 0.05) is 17.6 Å². The molecular formula is C18H18N2O3S. The van der Waals surface area contributed by atoms with Gasteiger partial charge in [0.15, 0.2) is 0 Å². The van der Waals surface area contributed by atoms with E-state index in [0.29, 0.717) is 22.5 Å². The molecule has 0 fully saturated rings. The monoisotopic (exact) mass is 342 g/mol. The number of nitrogens with one attached hydrogen (secondary N) is 1. The maximum atomic E-state index is 12.8. The van der Waals surface area contributed by atoms with E-state index >= 15 is 0 Å². The summed E-state index contributed by atoms with van der Waals surface area (Å²) in [6.45, 7) is 3.64. The molecule has 1 aromatic heterocycles. The van der Waals surface area contributed by atoms with Gasteiger partial charge in [-0.3, -0.25) is 9.71 Å². The fourth-order valence-corrected chi connectivity index (χ4v) is 3.95. The SMILES string of the molecule is COc1cc(NS(=O)(=O)c2cc(C)ccc2C)c2ncccc2c1. The summed E-state index contributed by atoms with van der Waals surface area (Å²) in [5.74, 6) is 0.564. The van der Waals surface area contributed by atoms with Crippen molar-refractivity contribution in [2.45, 2.75) is 18.7 Å². The molecule has 1 heterocycles. The van der Waals surface area contributed by atoms with Crippen LogP contribution in [0, 0.1) is 13.8 Å². The van der Waals surface area contributed by atoms with Crippen molar-refractivity contribution in [1.29, 1.82) is 0 Å². The fourth-order valence-electron chi connectivity index (χ4n) is 2.56. The third kappa shape index (κ3) is 3.05. The average Bonchev–Trinajstić information content (AvgIpc) is 2.56. The van der Waals surface area contributed by atoms with E-state index in [0.717, 1.165) is 10.9 Å². The highest BCUT2D eigenvalue weighted by molar-refractivity contribution is 7.92. The molecule has 0 atom stereocenters. The van der Waals surface area contributed by atoms with Crippen molar-refractivity contribution in [1.82, 2.24) is 4.98 Å². The van der Waals surface area contributed by atoms with Crippen LogP contribution in [0.2, 0.25) is 0 Å². The molecule has 0 spiro atoms. The van der Waals surface area contributed by atoms with Gasteiger partial charge in [-0.25, -0.2) is 8.42 Å². The number of nitrogens with zero attached hydrogens (tertiary/aromatic N) is 1. The lowest BCUT2D eigenvalue weighted by Crippen LogP contribution is -2.15. The highest BCUT2D eigenvalue weighted by atomic mass is 32.2. The predicted octanol–water partition coefficient (Wildman–Crippen LogP) is 3.66. The number of anilines is 1. The summed E-state index contributed by atoms with van der Waals surface area (Å²) < 4.78 is 33.6. The van der Waals surface area contributed by atoms with Crippen molar-refractivity contribution in [3.05, 3.63) is 59.8 Å². The van der Waals surface area contributed by atoms with Crippen LogP contribution in [0.3, 0.4) is 0 Å². The number of fused-ring (bicyclic) bond motifs is 1. The molecule has 3 aromatic rings. The Bertz CT molecular complexity index is 1010. The Labute approximate surface area is 141 Å². The Morgan fingerprint density at radius 1 is 1.08 bits per heavy atom. The number of ether oxygens (including phenoxy) is 1. The van der Waals surface area contributed by atoms with Gasteiger partial charge in [-0.2, -0.15) is 0 Å². The first-order valence-electron chi connectivity index (χ1n) is 7.43. The molecular weight excluding hydrogens is 324 g/mol. The lowest BCUT2D eigenvalue weighted by atomic mass is 10.2. The normalized spacial score (nSPS) is 11.5. The summed E-state index contributed by atoms with van der Waals surface area (Å²) in [5.41, 5.74) is 2.54. The third-order valence-corrected chi connectivity index (χ3v) is 5.30. The van der Waals surface area contributed by atoms with Crippen molar-refractivity contribution >= 4 is 26.6 Å². The number of aryl methyl sites for hydroxylation is 2. The molecule has 124 valence electrons. The van der Waals surface area contributed by atoms with E-state index < -0.39 is 10.0 Å². The van der Waals surface area contributed by atoms with Gasteiger partial charge in [-0.15, -0.1) is 0 Å². The molecule has 5 nitrogen and oxygen atoms in total. The lowest BCUT2D eigenvalue weighted by molar-refractivity contribution is 0.415. The summed E-state index contributed by atoms with van der Waals surface area (Å²) in [6.07, 6.45) is 1.63. The van der Waals surface area contributed by atoms with Crippen molar-refractivity contribution in [3.8, 4) is 5.75 Å². The summed E-state index contributed by atoms with van der Waals surface area (Å²) in [5, 5.41) is 0.801. The molecule has 24 heavy (non-hydrogen) atoms. The van der Waals surface area contributed by atoms with Gasteiger partial charge < -0.3 is 4.74 Å². The zero-order valence-corrected chi connectivity index (χ0v) is 14.5. The van der Waals surface area contributed by atoms with Gasteiger partial charge in [-0.05, 0) is 43.2 Å². The number of hydrogen-bond acceptors (Lipinski definition) is 4. The molecule has 6 heteroatoms. The van der Waals surface area contributed by atoms with E-state index in [-0.39, 0.29) is 4.90 Å². The predicted molar refractivity (Wildman–Crippen MR) is 95.0 cm³/mol. The molecule has 0 aliphatic rings. The van der Waals surface area contributed by atoms with E-state index in [4.69, 9.17) is 4.74 Å². The number of sulfonamides is 1. The maximum absolute atomic E-state index is 12.8. The summed E-state index contributed by atoms with van der Waals surface area (Å²) in [7, 11) is -2.19. The van der Waals surface area contributed by atoms with Gasteiger partial charge in [0.2, 0.25) is 0 Å². The van der Waals surface area contributed by atoms with Crippen LogP contribution in [-0.2, 0) is 10.0 Å². The van der Waals surface area contributed by atoms with E-state index in [1.807, 2.05) is 25.1 Å². The highest BCUT2D eigenvalue weighted by Gasteiger charge is 2.19. The van der Waals surface area contributed by atoms with E-state index in [1.165, 1.54) is 0 Å². The number of pyridine rings is 1. The zero-order chi connectivity index (χ0) is 17.3. The third-order valence-electron chi connectivity index (χ3n) is 3.79. The van der Waals surface area contributed by atoms with Crippen LogP contribution in [0.15, 0.2) is 53.6 Å². The lowest BCUT2D eigenvalue weighted by Gasteiger charge is -2.13. The van der Waals surface area contributed by atoms with Gasteiger partial charge in [0.1, 0.15) is 5.75 Å². The molecule has 0 saturated heterocycles. The van der Waals surface area contributed by atoms with Crippen molar-refractivity contribution in [2.24, 2.45) is 0 Å². The second-order valence-corrected chi connectivity index (χ2v) is 7.28. The highest BCUT2D eigenvalue weighted by Crippen LogP contribution is 2.30. The number of aromatic nitrogens is 1. The first-order chi connectivity index (χ1) is 11.4. The maximum Gasteiger partial charge on any atom is 0.262 e. The Kier molecular flexibility index (Phi) is 4.15. The van der Waals surface area contributed by atoms with Gasteiger partial charge in [0.25, 0.3) is 10.0 Å². The molecule has 3 rings (SSSR count). The van der Waals surface area contributed by atoms with Crippen LogP contribution in [-0.4, -0.2) is 20.5 Å². The second-order valence-electron chi connectivity index (χ2n) is 5.62. The second kappa shape index (κ2) is 6.13. The zero-order valence-electron chi connectivity index (χ0n) is 13.7. The van der Waals surface area contributed by atoms with Crippen molar-refractivity contribution < 1.29 is 13.2 Å². The molecule has 0 aliphatic heterocycles. The summed E-state index contributed by atoms with van der Waals surface area (Å²) >= 11 is 0. The molecule has 0 amide bonds. The van der Waals surface area contributed by atoms with Crippen LogP contribution in [0.1, 0.15) is 11.1 Å². The van der Waals surface area contributed by atoms with Crippen LogP contribution >= 0.6 is 0 Å². The van der Waals surface area contributed by atoms with Crippen LogP contribution < -0.4 is 9.46 Å². The standard InChI is InChI=1S/C18H18N2O3S/c1-12-6-7-13(2)17(9-12)24(21,22)20-16-11-15(23-3)10-14-5-4-8-19-18(14)16/h4-11,20H,1-3H3. The largest absolute Gasteiger partial charge is 0.497 e. The van der Waals surface area contributed by atoms with Crippen LogP contribution in [0.25, 0.3) is 10.9 Å². The fraction of sp³-hybridized carbons (Fsp3) is 0.167. The molecule has 0 radical (unpaired) electrons. The topological polar surface area (TPSA) is 68.3 Å². The quantitative estimate of drug-likeness (QED) is 0.785. The van der Waals surface area contributed by atoms with E-state index in [1.54, 1.807) is 44.5 Å². The van der Waals surface area contributed by atoms with Crippen LogP contribution in [0.4, 0.5) is 5.69 Å². The Hall–Kier alpha value is -2.60. The van der Waals surface area contributed by atoms with E-state index in [2.05, 4.69) is 9.71 Å². The molecule has 0 aliphatic carbocycles. The van der Waals surface area contributed by atoms with Gasteiger partial charge in [-0.1, -0.05) is 18.2 Å². The first kappa shape index (κ1) is 16.3. The van der Waals surface area contributed by atoms with Crippen molar-refractivity contribution in [3.63, 3.8) is 0 Å². The van der Waals surface area contributed by atoms with E-state index in [9.17, 15) is 8.42 Å². The minimum atomic E-state index is -3.73. The first-order valence-corrected chi connectivity index (χ1v) is 8.92. The number of hydrogen-bond donors (Lipinski definition) is 1. The Balaban J connectivity index is 2.13. The van der Waals surface area contributed by atoms with Gasteiger partial charge in [0.05, 0.1) is 23.2 Å². The minimum absolute atomic E-state index is 0.259. The molecule has 2 aromatic carbocycles. The smallest absolute Gasteiger partial charge is 0.262 e.